The van der Waals surface area contributed by atoms with Gasteiger partial charge < -0.3 is 23.9 Å². The Labute approximate surface area is 192 Å². The lowest BCUT2D eigenvalue weighted by Gasteiger charge is -2.24. The summed E-state index contributed by atoms with van der Waals surface area (Å²) in [7, 11) is 0. The fraction of sp³-hybridized carbons (Fsp3) is 0.385. The van der Waals surface area contributed by atoms with Crippen molar-refractivity contribution < 1.29 is 23.4 Å². The second-order valence-corrected chi connectivity index (χ2v) is 8.44. The highest BCUT2D eigenvalue weighted by Crippen LogP contribution is 2.34. The van der Waals surface area contributed by atoms with Crippen LogP contribution in [0.3, 0.4) is 0 Å². The summed E-state index contributed by atoms with van der Waals surface area (Å²) in [6.45, 7) is 7.16. The Bertz CT molecular complexity index is 1200. The maximum absolute atomic E-state index is 12.7. The van der Waals surface area contributed by atoms with Gasteiger partial charge >= 0.3 is 5.63 Å². The summed E-state index contributed by atoms with van der Waals surface area (Å²) in [5.41, 5.74) is 1.91. The van der Waals surface area contributed by atoms with E-state index in [2.05, 4.69) is 5.32 Å². The number of hydrogen-bond donors (Lipinski definition) is 1. The molecule has 1 aliphatic rings. The number of ether oxygens (including phenoxy) is 3. The van der Waals surface area contributed by atoms with Crippen LogP contribution in [0.5, 0.6) is 17.2 Å². The molecule has 0 saturated heterocycles. The molecule has 1 N–H and O–H groups in total. The third kappa shape index (κ3) is 5.30. The number of amides is 1. The van der Waals surface area contributed by atoms with Gasteiger partial charge in [-0.2, -0.15) is 0 Å². The van der Waals surface area contributed by atoms with Gasteiger partial charge in [-0.3, -0.25) is 4.79 Å². The van der Waals surface area contributed by atoms with Crippen LogP contribution in [0.2, 0.25) is 0 Å². The zero-order valence-electron chi connectivity index (χ0n) is 19.2. The van der Waals surface area contributed by atoms with Crippen molar-refractivity contribution >= 4 is 16.9 Å². The number of carbonyl (C=O) groups excluding carboxylic acids is 1. The van der Waals surface area contributed by atoms with Gasteiger partial charge in [-0.1, -0.05) is 26.8 Å². The maximum Gasteiger partial charge on any atom is 0.336 e. The van der Waals surface area contributed by atoms with E-state index >= 15 is 0 Å². The molecular formula is C26H29NO6. The summed E-state index contributed by atoms with van der Waals surface area (Å²) < 4.78 is 22.5. The Morgan fingerprint density at radius 2 is 1.85 bits per heavy atom. The van der Waals surface area contributed by atoms with Gasteiger partial charge in [0, 0.05) is 23.9 Å². The Morgan fingerprint density at radius 3 is 2.61 bits per heavy atom. The van der Waals surface area contributed by atoms with Crippen molar-refractivity contribution in [3.05, 3.63) is 64.0 Å². The van der Waals surface area contributed by atoms with E-state index in [1.165, 1.54) is 6.07 Å². The molecule has 0 saturated carbocycles. The molecule has 0 aliphatic carbocycles. The molecule has 2 aromatic carbocycles. The molecule has 0 fully saturated rings. The number of benzene rings is 2. The van der Waals surface area contributed by atoms with Gasteiger partial charge in [0.15, 0.2) is 18.1 Å². The monoisotopic (exact) mass is 451 g/mol. The fourth-order valence-electron chi connectivity index (χ4n) is 3.96. The summed E-state index contributed by atoms with van der Waals surface area (Å²) in [4.78, 5) is 24.5. The van der Waals surface area contributed by atoms with E-state index in [1.54, 1.807) is 12.1 Å². The van der Waals surface area contributed by atoms with Crippen molar-refractivity contribution in [1.29, 1.82) is 0 Å². The molecule has 33 heavy (non-hydrogen) atoms. The topological polar surface area (TPSA) is 87.0 Å². The number of rotatable bonds is 7. The molecule has 1 amide bonds. The van der Waals surface area contributed by atoms with E-state index in [9.17, 15) is 9.59 Å². The lowest BCUT2D eigenvalue weighted by Crippen LogP contribution is -2.35. The normalized spacial score (nSPS) is 14.1. The van der Waals surface area contributed by atoms with Crippen molar-refractivity contribution in [3.8, 4) is 17.2 Å². The first kappa shape index (κ1) is 22.7. The molecule has 0 spiro atoms. The Hall–Kier alpha value is -3.48. The van der Waals surface area contributed by atoms with Crippen LogP contribution in [0, 0.1) is 5.92 Å². The molecule has 1 aliphatic heterocycles. The van der Waals surface area contributed by atoms with Gasteiger partial charge in [0.05, 0.1) is 19.3 Å². The highest BCUT2D eigenvalue weighted by atomic mass is 16.5. The predicted octanol–water partition coefficient (Wildman–Crippen LogP) is 4.41. The van der Waals surface area contributed by atoms with Crippen LogP contribution in [0.4, 0.5) is 0 Å². The quantitative estimate of drug-likeness (QED) is 0.536. The van der Waals surface area contributed by atoms with Crippen LogP contribution >= 0.6 is 0 Å². The molecule has 1 aromatic heterocycles. The van der Waals surface area contributed by atoms with E-state index in [0.717, 1.165) is 35.1 Å². The summed E-state index contributed by atoms with van der Waals surface area (Å²) >= 11 is 0. The standard InChI is InChI=1S/C26H29NO6/c1-4-17-13-25(29)33-22-14-19(7-8-20(17)22)32-15-24(28)27-26(16(2)3)18-6-9-21-23(12-18)31-11-5-10-30-21/h6-9,12-14,16,26H,4-5,10-11,15H2,1-3H3,(H,27,28). The average Bonchev–Trinajstić information content (AvgIpc) is 3.05. The lowest BCUT2D eigenvalue weighted by molar-refractivity contribution is -0.124. The molecule has 3 aromatic rings. The minimum atomic E-state index is -0.399. The molecule has 1 atom stereocenters. The first-order chi connectivity index (χ1) is 15.9. The van der Waals surface area contributed by atoms with Crippen molar-refractivity contribution in [3.63, 3.8) is 0 Å². The summed E-state index contributed by atoms with van der Waals surface area (Å²) in [5.74, 6) is 1.80. The molecule has 2 heterocycles. The van der Waals surface area contributed by atoms with Gasteiger partial charge in [-0.25, -0.2) is 4.79 Å². The van der Waals surface area contributed by atoms with Crippen LogP contribution in [0.1, 0.15) is 44.4 Å². The van der Waals surface area contributed by atoms with E-state index in [0.29, 0.717) is 30.3 Å². The number of hydrogen-bond acceptors (Lipinski definition) is 6. The van der Waals surface area contributed by atoms with Gasteiger partial charge in [0.25, 0.3) is 5.91 Å². The molecule has 7 heteroatoms. The fourth-order valence-corrected chi connectivity index (χ4v) is 3.96. The average molecular weight is 452 g/mol. The first-order valence-corrected chi connectivity index (χ1v) is 11.3. The van der Waals surface area contributed by atoms with E-state index in [-0.39, 0.29) is 24.5 Å². The molecule has 0 radical (unpaired) electrons. The smallest absolute Gasteiger partial charge is 0.336 e. The SMILES string of the molecule is CCc1cc(=O)oc2cc(OCC(=O)NC(c3ccc4c(c3)OCCCO4)C(C)C)ccc12. The molecular weight excluding hydrogens is 422 g/mol. The first-order valence-electron chi connectivity index (χ1n) is 11.3. The zero-order valence-corrected chi connectivity index (χ0v) is 19.2. The zero-order chi connectivity index (χ0) is 23.4. The molecule has 1 unspecified atom stereocenters. The van der Waals surface area contributed by atoms with Crippen LogP contribution in [0.15, 0.2) is 51.7 Å². The molecule has 4 rings (SSSR count). The van der Waals surface area contributed by atoms with Gasteiger partial charge in [-0.15, -0.1) is 0 Å². The summed E-state index contributed by atoms with van der Waals surface area (Å²) in [5, 5.41) is 3.92. The third-order valence-corrected chi connectivity index (χ3v) is 5.67. The summed E-state index contributed by atoms with van der Waals surface area (Å²) in [6.07, 6.45) is 1.56. The molecule has 174 valence electrons. The van der Waals surface area contributed by atoms with E-state index in [1.807, 2.05) is 45.0 Å². The Morgan fingerprint density at radius 1 is 1.06 bits per heavy atom. The van der Waals surface area contributed by atoms with E-state index < -0.39 is 5.63 Å². The largest absolute Gasteiger partial charge is 0.490 e. The van der Waals surface area contributed by atoms with Crippen LogP contribution in [0.25, 0.3) is 11.0 Å². The van der Waals surface area contributed by atoms with Crippen LogP contribution in [-0.4, -0.2) is 25.7 Å². The van der Waals surface area contributed by atoms with Crippen LogP contribution in [-0.2, 0) is 11.2 Å². The van der Waals surface area contributed by atoms with Gasteiger partial charge in [0.2, 0.25) is 0 Å². The number of aryl methyl sites for hydroxylation is 1. The minimum absolute atomic E-state index is 0.154. The van der Waals surface area contributed by atoms with Crippen molar-refractivity contribution in [2.24, 2.45) is 5.92 Å². The predicted molar refractivity (Wildman–Crippen MR) is 125 cm³/mol. The van der Waals surface area contributed by atoms with Crippen molar-refractivity contribution in [2.75, 3.05) is 19.8 Å². The van der Waals surface area contributed by atoms with Gasteiger partial charge in [-0.05, 0) is 47.7 Å². The maximum atomic E-state index is 12.7. The number of fused-ring (bicyclic) bond motifs is 2. The lowest BCUT2D eigenvalue weighted by atomic mass is 9.95. The third-order valence-electron chi connectivity index (χ3n) is 5.67. The Kier molecular flexibility index (Phi) is 6.87. The van der Waals surface area contributed by atoms with Crippen molar-refractivity contribution in [2.45, 2.75) is 39.7 Å². The second-order valence-electron chi connectivity index (χ2n) is 8.44. The molecule has 7 nitrogen and oxygen atoms in total. The van der Waals surface area contributed by atoms with Gasteiger partial charge in [0.1, 0.15) is 11.3 Å². The minimum Gasteiger partial charge on any atom is -0.490 e. The highest BCUT2D eigenvalue weighted by molar-refractivity contribution is 5.82. The number of carbonyl (C=O) groups is 1. The second kappa shape index (κ2) is 9.98. The van der Waals surface area contributed by atoms with Crippen LogP contribution < -0.4 is 25.2 Å². The molecule has 0 bridgehead atoms. The highest BCUT2D eigenvalue weighted by Gasteiger charge is 2.21. The summed E-state index contributed by atoms with van der Waals surface area (Å²) in [6, 6.07) is 12.3. The Balaban J connectivity index is 1.45. The van der Waals surface area contributed by atoms with E-state index in [4.69, 9.17) is 18.6 Å². The van der Waals surface area contributed by atoms with Crippen molar-refractivity contribution in [1.82, 2.24) is 5.32 Å². The number of nitrogens with one attached hydrogen (secondary N) is 1.